The van der Waals surface area contributed by atoms with Gasteiger partial charge in [0.25, 0.3) is 0 Å². The molecule has 1 aliphatic rings. The first kappa shape index (κ1) is 20.3. The number of nitrogens with one attached hydrogen (secondary N) is 1. The average molecular weight is 440 g/mol. The van der Waals surface area contributed by atoms with Crippen LogP contribution in [0.4, 0.5) is 0 Å². The van der Waals surface area contributed by atoms with Crippen LogP contribution in [0, 0.1) is 5.41 Å². The summed E-state index contributed by atoms with van der Waals surface area (Å²) in [5.41, 5.74) is 2.80. The van der Waals surface area contributed by atoms with Gasteiger partial charge in [0.15, 0.2) is 0 Å². The van der Waals surface area contributed by atoms with Gasteiger partial charge in [-0.3, -0.25) is 5.41 Å². The summed E-state index contributed by atoms with van der Waals surface area (Å²) in [7, 11) is 0. The number of nitrogens with zero attached hydrogens (tertiary/aromatic N) is 2. The van der Waals surface area contributed by atoms with E-state index in [2.05, 4.69) is 4.98 Å². The van der Waals surface area contributed by atoms with Gasteiger partial charge in [-0.2, -0.15) is 0 Å². The van der Waals surface area contributed by atoms with Gasteiger partial charge in [-0.1, -0.05) is 25.1 Å². The van der Waals surface area contributed by atoms with Crippen LogP contribution in [0.25, 0.3) is 16.1 Å². The van der Waals surface area contributed by atoms with Crippen LogP contribution in [0.2, 0.25) is 0 Å². The molecule has 0 spiro atoms. The Morgan fingerprint density at radius 1 is 1.27 bits per heavy atom. The minimum absolute atomic E-state index is 0.159. The number of hydrogen-bond donors (Lipinski definition) is 2. The Hall–Kier alpha value is -2.97. The number of hydrogen-bond acceptors (Lipinski definition) is 7. The number of aromatic nitrogens is 1. The molecule has 1 aromatic carbocycles. The Balaban J connectivity index is 1.44. The lowest BCUT2D eigenvalue weighted by Gasteiger charge is -2.18. The molecule has 0 unspecified atom stereocenters. The lowest BCUT2D eigenvalue weighted by molar-refractivity contribution is 0.0505. The Morgan fingerprint density at radius 2 is 2.07 bits per heavy atom. The van der Waals surface area contributed by atoms with Crippen molar-refractivity contribution in [2.45, 2.75) is 19.9 Å². The molecule has 0 saturated heterocycles. The maximum absolute atomic E-state index is 11.9. The molecule has 0 amide bonds. The third-order valence-corrected chi connectivity index (χ3v) is 6.43. The summed E-state index contributed by atoms with van der Waals surface area (Å²) in [5, 5.41) is 23.7. The molecule has 30 heavy (non-hydrogen) atoms. The van der Waals surface area contributed by atoms with Crippen LogP contribution in [0.15, 0.2) is 52.9 Å². The second-order valence-corrected chi connectivity index (χ2v) is 8.68. The van der Waals surface area contributed by atoms with Crippen molar-refractivity contribution in [1.29, 1.82) is 5.41 Å². The van der Waals surface area contributed by atoms with Gasteiger partial charge in [0.1, 0.15) is 16.6 Å². The molecule has 6 nitrogen and oxygen atoms in total. The molecule has 4 rings (SSSR count). The van der Waals surface area contributed by atoms with Gasteiger partial charge in [-0.25, -0.2) is 9.78 Å². The Kier molecular flexibility index (Phi) is 5.96. The molecule has 0 saturated carbocycles. The van der Waals surface area contributed by atoms with Gasteiger partial charge in [-0.15, -0.1) is 22.7 Å². The molecule has 0 fully saturated rings. The lowest BCUT2D eigenvalue weighted by Crippen LogP contribution is -2.26. The number of carbonyl (C=O) groups is 1. The number of thiazole rings is 1. The summed E-state index contributed by atoms with van der Waals surface area (Å²) < 4.78 is 5.15. The fourth-order valence-corrected chi connectivity index (χ4v) is 4.81. The normalized spacial score (nSPS) is 13.9. The maximum atomic E-state index is 11.9. The van der Waals surface area contributed by atoms with Crippen molar-refractivity contribution in [2.75, 3.05) is 13.2 Å². The minimum atomic E-state index is -0.329. The molecule has 0 radical (unpaired) electrons. The number of ether oxygens (including phenoxy) is 1. The summed E-state index contributed by atoms with van der Waals surface area (Å²) in [4.78, 5) is 19.4. The first-order chi connectivity index (χ1) is 14.6. The van der Waals surface area contributed by atoms with Crippen molar-refractivity contribution < 1.29 is 14.6 Å². The highest BCUT2D eigenvalue weighted by molar-refractivity contribution is 7.14. The standard InChI is InChI=1S/C22H21N3O3S2/c1-2-9-28-22(27)15-7-5-14(6-8-15)11-25-12-17(26)19(20(25)23)21-24-16(13-30-21)18-4-3-10-29-18/h3-8,10,13,23,26H,2,9,11-12H2,1H3. The van der Waals surface area contributed by atoms with Gasteiger partial charge in [0, 0.05) is 11.9 Å². The number of aliphatic hydroxyl groups excluding tert-OH is 1. The molecule has 0 aliphatic carbocycles. The largest absolute Gasteiger partial charge is 0.510 e. The van der Waals surface area contributed by atoms with Crippen molar-refractivity contribution in [2.24, 2.45) is 0 Å². The molecule has 0 bridgehead atoms. The highest BCUT2D eigenvalue weighted by atomic mass is 32.1. The highest BCUT2D eigenvalue weighted by Gasteiger charge is 2.30. The minimum Gasteiger partial charge on any atom is -0.510 e. The zero-order valence-corrected chi connectivity index (χ0v) is 18.1. The number of carbonyl (C=O) groups excluding carboxylic acids is 1. The van der Waals surface area contributed by atoms with Crippen molar-refractivity contribution >= 4 is 40.1 Å². The van der Waals surface area contributed by atoms with Crippen molar-refractivity contribution in [1.82, 2.24) is 9.88 Å². The smallest absolute Gasteiger partial charge is 0.338 e. The van der Waals surface area contributed by atoms with Gasteiger partial charge in [-0.05, 0) is 35.6 Å². The van der Waals surface area contributed by atoms with Gasteiger partial charge >= 0.3 is 5.97 Å². The number of thiophene rings is 1. The topological polar surface area (TPSA) is 86.5 Å². The zero-order chi connectivity index (χ0) is 21.1. The van der Waals surface area contributed by atoms with Crippen molar-refractivity contribution in [3.05, 3.63) is 69.1 Å². The van der Waals surface area contributed by atoms with E-state index in [0.29, 0.717) is 29.3 Å². The lowest BCUT2D eigenvalue weighted by atomic mass is 10.1. The number of esters is 1. The SMILES string of the molecule is CCCOC(=O)c1ccc(CN2CC(O)=C(c3nc(-c4cccs4)cs3)C2=N)cc1. The summed E-state index contributed by atoms with van der Waals surface area (Å²) in [6.07, 6.45) is 0.785. The molecule has 2 N–H and O–H groups in total. The Bertz CT molecular complexity index is 1090. The predicted molar refractivity (Wildman–Crippen MR) is 120 cm³/mol. The van der Waals surface area contributed by atoms with E-state index in [1.807, 2.05) is 41.9 Å². The third kappa shape index (κ3) is 4.15. The van der Waals surface area contributed by atoms with Crippen LogP contribution in [0.1, 0.15) is 34.3 Å². The maximum Gasteiger partial charge on any atom is 0.338 e. The fourth-order valence-electron chi connectivity index (χ4n) is 3.16. The molecule has 154 valence electrons. The van der Waals surface area contributed by atoms with E-state index >= 15 is 0 Å². The number of amidine groups is 1. The summed E-state index contributed by atoms with van der Waals surface area (Å²) >= 11 is 3.04. The van der Waals surface area contributed by atoms with E-state index in [4.69, 9.17) is 10.1 Å². The average Bonchev–Trinajstić information content (AvgIpc) is 3.48. The van der Waals surface area contributed by atoms with E-state index in [0.717, 1.165) is 22.6 Å². The van der Waals surface area contributed by atoms with E-state index in [1.54, 1.807) is 28.4 Å². The molecule has 0 atom stereocenters. The van der Waals surface area contributed by atoms with Crippen LogP contribution in [-0.4, -0.2) is 39.9 Å². The van der Waals surface area contributed by atoms with Gasteiger partial charge in [0.05, 0.1) is 34.9 Å². The molecular weight excluding hydrogens is 418 g/mol. The van der Waals surface area contributed by atoms with Crippen LogP contribution in [0.3, 0.4) is 0 Å². The van der Waals surface area contributed by atoms with Crippen LogP contribution in [-0.2, 0) is 11.3 Å². The molecule has 8 heteroatoms. The molecule has 1 aliphatic heterocycles. The van der Waals surface area contributed by atoms with Crippen molar-refractivity contribution in [3.63, 3.8) is 0 Å². The zero-order valence-electron chi connectivity index (χ0n) is 16.4. The van der Waals surface area contributed by atoms with E-state index < -0.39 is 0 Å². The second kappa shape index (κ2) is 8.81. The van der Waals surface area contributed by atoms with E-state index in [-0.39, 0.29) is 24.1 Å². The number of aliphatic hydroxyl groups is 1. The highest BCUT2D eigenvalue weighted by Crippen LogP contribution is 2.34. The summed E-state index contributed by atoms with van der Waals surface area (Å²) in [6.45, 7) is 3.08. The molecule has 3 aromatic rings. The predicted octanol–water partition coefficient (Wildman–Crippen LogP) is 5.20. The molecule has 3 heterocycles. The monoisotopic (exact) mass is 439 g/mol. The number of benzene rings is 1. The second-order valence-electron chi connectivity index (χ2n) is 6.87. The molecular formula is C22H21N3O3S2. The van der Waals surface area contributed by atoms with Crippen LogP contribution >= 0.6 is 22.7 Å². The fraction of sp³-hybridized carbons (Fsp3) is 0.227. The van der Waals surface area contributed by atoms with Gasteiger partial charge < -0.3 is 14.7 Å². The number of rotatable bonds is 7. The van der Waals surface area contributed by atoms with E-state index in [9.17, 15) is 9.90 Å². The van der Waals surface area contributed by atoms with Crippen LogP contribution < -0.4 is 0 Å². The van der Waals surface area contributed by atoms with Crippen molar-refractivity contribution in [3.8, 4) is 10.6 Å². The molecule has 2 aromatic heterocycles. The summed E-state index contributed by atoms with van der Waals surface area (Å²) in [5.74, 6) is 0.0853. The summed E-state index contributed by atoms with van der Waals surface area (Å²) in [6, 6.07) is 11.1. The Labute approximate surface area is 182 Å². The Morgan fingerprint density at radius 3 is 2.77 bits per heavy atom. The van der Waals surface area contributed by atoms with Crippen LogP contribution in [0.5, 0.6) is 0 Å². The third-order valence-electron chi connectivity index (χ3n) is 4.67. The quantitative estimate of drug-likeness (QED) is 0.494. The first-order valence-corrected chi connectivity index (χ1v) is 11.3. The van der Waals surface area contributed by atoms with E-state index in [1.165, 1.54) is 11.3 Å². The van der Waals surface area contributed by atoms with Gasteiger partial charge in [0.2, 0.25) is 0 Å². The first-order valence-electron chi connectivity index (χ1n) is 9.58.